The SMILES string of the molecule is Cc1cc(C)cc(-c2c3ccccc3c(Br)c3ccccc23)c1. The van der Waals surface area contributed by atoms with E-state index in [0.717, 1.165) is 0 Å². The van der Waals surface area contributed by atoms with Crippen molar-refractivity contribution >= 4 is 37.5 Å². The van der Waals surface area contributed by atoms with Crippen LogP contribution >= 0.6 is 15.9 Å². The van der Waals surface area contributed by atoms with Crippen molar-refractivity contribution in [3.63, 3.8) is 0 Å². The van der Waals surface area contributed by atoms with Crippen LogP contribution in [-0.4, -0.2) is 0 Å². The molecule has 4 aromatic rings. The zero-order valence-corrected chi connectivity index (χ0v) is 14.8. The summed E-state index contributed by atoms with van der Waals surface area (Å²) in [4.78, 5) is 0. The maximum absolute atomic E-state index is 3.82. The maximum Gasteiger partial charge on any atom is 0.0332 e. The van der Waals surface area contributed by atoms with Crippen LogP contribution in [0.1, 0.15) is 11.1 Å². The largest absolute Gasteiger partial charge is 0.0616 e. The van der Waals surface area contributed by atoms with E-state index in [-0.39, 0.29) is 0 Å². The van der Waals surface area contributed by atoms with Crippen molar-refractivity contribution in [2.45, 2.75) is 13.8 Å². The molecule has 0 saturated heterocycles. The second kappa shape index (κ2) is 5.50. The van der Waals surface area contributed by atoms with Crippen molar-refractivity contribution in [2.75, 3.05) is 0 Å². The van der Waals surface area contributed by atoms with E-state index in [0.29, 0.717) is 0 Å². The van der Waals surface area contributed by atoms with Crippen LogP contribution in [0, 0.1) is 13.8 Å². The fourth-order valence-electron chi connectivity index (χ4n) is 3.51. The van der Waals surface area contributed by atoms with E-state index >= 15 is 0 Å². The summed E-state index contributed by atoms with van der Waals surface area (Å²) in [6.07, 6.45) is 0. The van der Waals surface area contributed by atoms with Crippen molar-refractivity contribution in [1.82, 2.24) is 0 Å². The first-order valence-corrected chi connectivity index (χ1v) is 8.62. The van der Waals surface area contributed by atoms with E-state index in [2.05, 4.69) is 96.5 Å². The van der Waals surface area contributed by atoms with Gasteiger partial charge in [0.05, 0.1) is 0 Å². The second-order valence-corrected chi connectivity index (χ2v) is 6.95. The van der Waals surface area contributed by atoms with Crippen molar-refractivity contribution in [3.8, 4) is 11.1 Å². The molecule has 0 amide bonds. The monoisotopic (exact) mass is 360 g/mol. The van der Waals surface area contributed by atoms with Crippen LogP contribution in [0.25, 0.3) is 32.7 Å². The normalized spacial score (nSPS) is 11.3. The van der Waals surface area contributed by atoms with Gasteiger partial charge in [-0.3, -0.25) is 0 Å². The van der Waals surface area contributed by atoms with E-state index in [9.17, 15) is 0 Å². The van der Waals surface area contributed by atoms with Gasteiger partial charge in [0, 0.05) is 4.47 Å². The quantitative estimate of drug-likeness (QED) is 0.319. The second-order valence-electron chi connectivity index (χ2n) is 6.16. The van der Waals surface area contributed by atoms with Gasteiger partial charge in [0.15, 0.2) is 0 Å². The maximum atomic E-state index is 3.82. The predicted molar refractivity (Wildman–Crippen MR) is 104 cm³/mol. The summed E-state index contributed by atoms with van der Waals surface area (Å²) in [5, 5.41) is 5.12. The molecule has 0 nitrogen and oxygen atoms in total. The van der Waals surface area contributed by atoms with E-state index in [1.54, 1.807) is 0 Å². The van der Waals surface area contributed by atoms with Crippen LogP contribution in [0.4, 0.5) is 0 Å². The van der Waals surface area contributed by atoms with Gasteiger partial charge in [0.2, 0.25) is 0 Å². The van der Waals surface area contributed by atoms with Crippen LogP contribution in [0.15, 0.2) is 71.2 Å². The third kappa shape index (κ3) is 2.36. The lowest BCUT2D eigenvalue weighted by molar-refractivity contribution is 1.39. The zero-order chi connectivity index (χ0) is 16.0. The fourth-order valence-corrected chi connectivity index (χ4v) is 4.20. The average molecular weight is 361 g/mol. The molecule has 0 aromatic heterocycles. The Balaban J connectivity index is 2.25. The topological polar surface area (TPSA) is 0 Å². The van der Waals surface area contributed by atoms with E-state index in [4.69, 9.17) is 0 Å². The van der Waals surface area contributed by atoms with Gasteiger partial charge >= 0.3 is 0 Å². The van der Waals surface area contributed by atoms with Crippen molar-refractivity contribution in [1.29, 1.82) is 0 Å². The molecule has 23 heavy (non-hydrogen) atoms. The summed E-state index contributed by atoms with van der Waals surface area (Å²) in [5.74, 6) is 0. The summed E-state index contributed by atoms with van der Waals surface area (Å²) >= 11 is 3.82. The molecule has 0 aliphatic heterocycles. The minimum Gasteiger partial charge on any atom is -0.0616 e. The number of halogens is 1. The van der Waals surface area contributed by atoms with Crippen LogP contribution < -0.4 is 0 Å². The molecular weight excluding hydrogens is 344 g/mol. The van der Waals surface area contributed by atoms with Gasteiger partial charge in [0.1, 0.15) is 0 Å². The molecule has 0 saturated carbocycles. The summed E-state index contributed by atoms with van der Waals surface area (Å²) in [6, 6.07) is 24.1. The third-order valence-electron chi connectivity index (χ3n) is 4.38. The van der Waals surface area contributed by atoms with Gasteiger partial charge in [0.25, 0.3) is 0 Å². The molecule has 0 fully saturated rings. The molecule has 0 aliphatic rings. The molecule has 0 spiro atoms. The number of hydrogen-bond acceptors (Lipinski definition) is 0. The molecular formula is C22H17Br. The zero-order valence-electron chi connectivity index (χ0n) is 13.2. The van der Waals surface area contributed by atoms with Crippen molar-refractivity contribution < 1.29 is 0 Å². The Labute approximate surface area is 144 Å². The first-order valence-electron chi connectivity index (χ1n) is 7.83. The third-order valence-corrected chi connectivity index (χ3v) is 5.23. The van der Waals surface area contributed by atoms with Crippen LogP contribution in [-0.2, 0) is 0 Å². The first kappa shape index (κ1) is 14.5. The van der Waals surface area contributed by atoms with Gasteiger partial charge in [-0.05, 0) is 62.4 Å². The molecule has 1 heteroatoms. The highest BCUT2D eigenvalue weighted by molar-refractivity contribution is 9.10. The molecule has 0 heterocycles. The lowest BCUT2D eigenvalue weighted by Gasteiger charge is -2.15. The van der Waals surface area contributed by atoms with Crippen LogP contribution in [0.3, 0.4) is 0 Å². The standard InChI is InChI=1S/C22H17Br/c1-14-11-15(2)13-16(12-14)21-17-7-3-5-9-19(17)22(23)20-10-6-4-8-18(20)21/h3-13H,1-2H3. The average Bonchev–Trinajstić information content (AvgIpc) is 2.54. The highest BCUT2D eigenvalue weighted by Crippen LogP contribution is 2.41. The van der Waals surface area contributed by atoms with Gasteiger partial charge < -0.3 is 0 Å². The first-order chi connectivity index (χ1) is 11.1. The number of aryl methyl sites for hydroxylation is 2. The van der Waals surface area contributed by atoms with Crippen LogP contribution in [0.5, 0.6) is 0 Å². The Bertz CT molecular complexity index is 967. The molecule has 112 valence electrons. The molecule has 0 bridgehead atoms. The highest BCUT2D eigenvalue weighted by atomic mass is 79.9. The van der Waals surface area contributed by atoms with Gasteiger partial charge in [-0.2, -0.15) is 0 Å². The van der Waals surface area contributed by atoms with E-state index in [1.807, 2.05) is 0 Å². The number of fused-ring (bicyclic) bond motifs is 2. The lowest BCUT2D eigenvalue weighted by atomic mass is 9.90. The molecule has 0 aliphatic carbocycles. The van der Waals surface area contributed by atoms with Crippen LogP contribution in [0.2, 0.25) is 0 Å². The minimum absolute atomic E-state index is 1.18. The Morgan fingerprint density at radius 3 is 1.52 bits per heavy atom. The Hall–Kier alpha value is -2.12. The highest BCUT2D eigenvalue weighted by Gasteiger charge is 2.13. The molecule has 0 N–H and O–H groups in total. The number of hydrogen-bond donors (Lipinski definition) is 0. The lowest BCUT2D eigenvalue weighted by Crippen LogP contribution is -1.89. The van der Waals surface area contributed by atoms with Gasteiger partial charge in [-0.1, -0.05) is 77.9 Å². The smallest absolute Gasteiger partial charge is 0.0332 e. The molecule has 0 unspecified atom stereocenters. The fraction of sp³-hybridized carbons (Fsp3) is 0.0909. The molecule has 4 rings (SSSR count). The molecule has 0 radical (unpaired) electrons. The summed E-state index contributed by atoms with van der Waals surface area (Å²) < 4.78 is 1.18. The molecule has 4 aromatic carbocycles. The van der Waals surface area contributed by atoms with Crippen molar-refractivity contribution in [3.05, 3.63) is 82.3 Å². The summed E-state index contributed by atoms with van der Waals surface area (Å²) in [6.45, 7) is 4.33. The van der Waals surface area contributed by atoms with Gasteiger partial charge in [-0.15, -0.1) is 0 Å². The van der Waals surface area contributed by atoms with E-state index < -0.39 is 0 Å². The Kier molecular flexibility index (Phi) is 3.46. The van der Waals surface area contributed by atoms with Gasteiger partial charge in [-0.25, -0.2) is 0 Å². The molecule has 0 atom stereocenters. The number of rotatable bonds is 1. The van der Waals surface area contributed by atoms with E-state index in [1.165, 1.54) is 48.3 Å². The van der Waals surface area contributed by atoms with Crippen molar-refractivity contribution in [2.24, 2.45) is 0 Å². The summed E-state index contributed by atoms with van der Waals surface area (Å²) in [7, 11) is 0. The Morgan fingerprint density at radius 2 is 1.04 bits per heavy atom. The number of benzene rings is 4. The Morgan fingerprint density at radius 1 is 0.609 bits per heavy atom. The summed E-state index contributed by atoms with van der Waals surface area (Å²) in [5.41, 5.74) is 5.22. The minimum atomic E-state index is 1.18. The predicted octanol–water partition coefficient (Wildman–Crippen LogP) is 7.04.